The van der Waals surface area contributed by atoms with Crippen molar-refractivity contribution in [2.24, 2.45) is 0 Å². The second-order valence-electron chi connectivity index (χ2n) is 7.68. The molecular formula is C25H27N3O4S. The van der Waals surface area contributed by atoms with Gasteiger partial charge in [0.05, 0.1) is 4.90 Å². The molecule has 8 heteroatoms. The molecule has 0 saturated heterocycles. The molecule has 0 atom stereocenters. The number of carbonyl (C=O) groups excluding carboxylic acids is 2. The molecule has 0 saturated carbocycles. The Kier molecular flexibility index (Phi) is 7.84. The van der Waals surface area contributed by atoms with Crippen molar-refractivity contribution in [2.75, 3.05) is 10.0 Å². The molecule has 3 N–H and O–H groups in total. The lowest BCUT2D eigenvalue weighted by Gasteiger charge is -2.10. The molecule has 0 aromatic heterocycles. The molecule has 3 rings (SSSR count). The number of anilines is 2. The second-order valence-corrected chi connectivity index (χ2v) is 9.36. The number of amides is 2. The fourth-order valence-corrected chi connectivity index (χ4v) is 4.19. The van der Waals surface area contributed by atoms with E-state index in [2.05, 4.69) is 15.4 Å². The van der Waals surface area contributed by atoms with Crippen LogP contribution in [0.25, 0.3) is 0 Å². The van der Waals surface area contributed by atoms with E-state index in [1.807, 2.05) is 38.1 Å². The SMILES string of the molecule is CCCC(=O)Nc1ccc(CNC(=O)c2cccc(S(=O)(=O)Nc3ccc(C)cc3)c2)cc1. The van der Waals surface area contributed by atoms with E-state index in [4.69, 9.17) is 0 Å². The lowest BCUT2D eigenvalue weighted by molar-refractivity contribution is -0.116. The van der Waals surface area contributed by atoms with Crippen LogP contribution in [0.3, 0.4) is 0 Å². The van der Waals surface area contributed by atoms with E-state index < -0.39 is 10.0 Å². The van der Waals surface area contributed by atoms with E-state index in [-0.39, 0.29) is 28.8 Å². The predicted molar refractivity (Wildman–Crippen MR) is 130 cm³/mol. The summed E-state index contributed by atoms with van der Waals surface area (Å²) >= 11 is 0. The normalized spacial score (nSPS) is 11.0. The molecule has 3 aromatic carbocycles. The van der Waals surface area contributed by atoms with Crippen LogP contribution in [0.15, 0.2) is 77.7 Å². The zero-order valence-corrected chi connectivity index (χ0v) is 19.4. The number of benzene rings is 3. The highest BCUT2D eigenvalue weighted by atomic mass is 32.2. The molecule has 0 bridgehead atoms. The molecule has 7 nitrogen and oxygen atoms in total. The lowest BCUT2D eigenvalue weighted by atomic mass is 10.1. The molecule has 172 valence electrons. The molecule has 0 radical (unpaired) electrons. The molecular weight excluding hydrogens is 438 g/mol. The van der Waals surface area contributed by atoms with E-state index in [1.54, 1.807) is 30.3 Å². The number of rotatable bonds is 9. The molecule has 0 heterocycles. The monoisotopic (exact) mass is 465 g/mol. The van der Waals surface area contributed by atoms with Gasteiger partial charge in [0, 0.05) is 29.9 Å². The average Bonchev–Trinajstić information content (AvgIpc) is 2.80. The summed E-state index contributed by atoms with van der Waals surface area (Å²) in [7, 11) is -3.83. The van der Waals surface area contributed by atoms with Crippen LogP contribution in [-0.2, 0) is 21.4 Å². The molecule has 3 aromatic rings. The van der Waals surface area contributed by atoms with Gasteiger partial charge in [-0.1, -0.05) is 42.8 Å². The third-order valence-electron chi connectivity index (χ3n) is 4.88. The van der Waals surface area contributed by atoms with Crippen molar-refractivity contribution >= 4 is 33.2 Å². The van der Waals surface area contributed by atoms with Crippen molar-refractivity contribution in [3.63, 3.8) is 0 Å². The predicted octanol–water partition coefficient (Wildman–Crippen LogP) is 4.46. The summed E-state index contributed by atoms with van der Waals surface area (Å²) in [5.74, 6) is -0.423. The van der Waals surface area contributed by atoms with E-state index in [9.17, 15) is 18.0 Å². The number of aryl methyl sites for hydroxylation is 1. The van der Waals surface area contributed by atoms with E-state index in [0.717, 1.165) is 17.5 Å². The van der Waals surface area contributed by atoms with Crippen molar-refractivity contribution in [2.45, 2.75) is 38.1 Å². The zero-order valence-electron chi connectivity index (χ0n) is 18.6. The van der Waals surface area contributed by atoms with Gasteiger partial charge >= 0.3 is 0 Å². The largest absolute Gasteiger partial charge is 0.348 e. The maximum absolute atomic E-state index is 12.7. The molecule has 0 unspecified atom stereocenters. The minimum absolute atomic E-state index is 0.00268. The first kappa shape index (κ1) is 24.0. The van der Waals surface area contributed by atoms with E-state index in [0.29, 0.717) is 17.8 Å². The lowest BCUT2D eigenvalue weighted by Crippen LogP contribution is -2.23. The Morgan fingerprint density at radius 3 is 2.21 bits per heavy atom. The van der Waals surface area contributed by atoms with Crippen molar-refractivity contribution in [1.29, 1.82) is 0 Å². The fraction of sp³-hybridized carbons (Fsp3) is 0.200. The van der Waals surface area contributed by atoms with Gasteiger partial charge in [0.2, 0.25) is 5.91 Å². The molecule has 0 spiro atoms. The van der Waals surface area contributed by atoms with Gasteiger partial charge in [-0.2, -0.15) is 0 Å². The minimum Gasteiger partial charge on any atom is -0.348 e. The van der Waals surface area contributed by atoms with Gasteiger partial charge in [-0.05, 0) is 61.4 Å². The number of nitrogens with one attached hydrogen (secondary N) is 3. The Balaban J connectivity index is 1.62. The van der Waals surface area contributed by atoms with E-state index in [1.165, 1.54) is 18.2 Å². The number of carbonyl (C=O) groups is 2. The average molecular weight is 466 g/mol. The first-order valence-electron chi connectivity index (χ1n) is 10.6. The Bertz CT molecular complexity index is 1220. The Labute approximate surface area is 194 Å². The van der Waals surface area contributed by atoms with Crippen molar-refractivity contribution in [3.8, 4) is 0 Å². The van der Waals surface area contributed by atoms with Crippen molar-refractivity contribution in [1.82, 2.24) is 5.32 Å². The highest BCUT2D eigenvalue weighted by molar-refractivity contribution is 7.92. The molecule has 0 fully saturated rings. The number of sulfonamides is 1. The molecule has 0 aliphatic carbocycles. The van der Waals surface area contributed by atoms with Gasteiger partial charge in [0.25, 0.3) is 15.9 Å². The number of hydrogen-bond donors (Lipinski definition) is 3. The third-order valence-corrected chi connectivity index (χ3v) is 6.26. The van der Waals surface area contributed by atoms with Crippen LogP contribution >= 0.6 is 0 Å². The summed E-state index contributed by atoms with van der Waals surface area (Å²) in [6.45, 7) is 4.12. The van der Waals surface area contributed by atoms with Crippen LogP contribution in [-0.4, -0.2) is 20.2 Å². The van der Waals surface area contributed by atoms with Crippen LogP contribution in [0.1, 0.15) is 41.3 Å². The van der Waals surface area contributed by atoms with Gasteiger partial charge < -0.3 is 10.6 Å². The molecule has 0 aliphatic heterocycles. The van der Waals surface area contributed by atoms with Crippen molar-refractivity contribution < 1.29 is 18.0 Å². The fourth-order valence-electron chi connectivity index (χ4n) is 3.08. The van der Waals surface area contributed by atoms with Gasteiger partial charge in [-0.3, -0.25) is 14.3 Å². The van der Waals surface area contributed by atoms with Gasteiger partial charge in [-0.15, -0.1) is 0 Å². The van der Waals surface area contributed by atoms with Crippen LogP contribution in [0.4, 0.5) is 11.4 Å². The highest BCUT2D eigenvalue weighted by Crippen LogP contribution is 2.18. The van der Waals surface area contributed by atoms with Crippen LogP contribution in [0.5, 0.6) is 0 Å². The van der Waals surface area contributed by atoms with Crippen LogP contribution in [0, 0.1) is 6.92 Å². The zero-order chi connectivity index (χ0) is 23.8. The second kappa shape index (κ2) is 10.8. The summed E-state index contributed by atoms with van der Waals surface area (Å²) in [4.78, 5) is 24.3. The summed E-state index contributed by atoms with van der Waals surface area (Å²) in [5.41, 5.74) is 3.26. The summed E-state index contributed by atoms with van der Waals surface area (Å²) < 4.78 is 28.0. The van der Waals surface area contributed by atoms with Gasteiger partial charge in [-0.25, -0.2) is 8.42 Å². The Morgan fingerprint density at radius 2 is 1.55 bits per heavy atom. The summed E-state index contributed by atoms with van der Waals surface area (Å²) in [6.07, 6.45) is 1.24. The summed E-state index contributed by atoms with van der Waals surface area (Å²) in [5, 5.41) is 5.60. The standard InChI is InChI=1S/C25H27N3O4S/c1-3-5-24(29)27-21-14-10-19(11-15-21)17-26-25(30)20-6-4-7-23(16-20)33(31,32)28-22-12-8-18(2)9-13-22/h4,6-16,28H,3,5,17H2,1-2H3,(H,26,30)(H,27,29). The maximum atomic E-state index is 12.7. The Morgan fingerprint density at radius 1 is 0.879 bits per heavy atom. The molecule has 33 heavy (non-hydrogen) atoms. The van der Waals surface area contributed by atoms with Crippen LogP contribution < -0.4 is 15.4 Å². The van der Waals surface area contributed by atoms with E-state index >= 15 is 0 Å². The topological polar surface area (TPSA) is 104 Å². The highest BCUT2D eigenvalue weighted by Gasteiger charge is 2.16. The number of hydrogen-bond acceptors (Lipinski definition) is 4. The molecule has 2 amide bonds. The first-order chi connectivity index (χ1) is 15.8. The molecule has 0 aliphatic rings. The van der Waals surface area contributed by atoms with Crippen molar-refractivity contribution in [3.05, 3.63) is 89.5 Å². The minimum atomic E-state index is -3.83. The third kappa shape index (κ3) is 6.92. The quantitative estimate of drug-likeness (QED) is 0.434. The Hall–Kier alpha value is -3.65. The first-order valence-corrected chi connectivity index (χ1v) is 12.1. The van der Waals surface area contributed by atoms with Crippen LogP contribution in [0.2, 0.25) is 0 Å². The smallest absolute Gasteiger partial charge is 0.261 e. The van der Waals surface area contributed by atoms with Gasteiger partial charge in [0.15, 0.2) is 0 Å². The van der Waals surface area contributed by atoms with Gasteiger partial charge in [0.1, 0.15) is 0 Å². The maximum Gasteiger partial charge on any atom is 0.261 e. The summed E-state index contributed by atoms with van der Waals surface area (Å²) in [6, 6.07) is 20.1.